The lowest BCUT2D eigenvalue weighted by atomic mass is 10.0. The average molecular weight is 575 g/mol. The SMILES string of the molecule is CC(C)CN(CC(O)C(Cc1ccccc1)NC(=O)OC(C)(C)C)S(=O)(=O)c1ccc(-c2csc(N)n2)cc1. The average Bonchev–Trinajstić information content (AvgIpc) is 3.28. The number of sulfonamides is 1. The van der Waals surface area contributed by atoms with Crippen molar-refractivity contribution in [1.29, 1.82) is 0 Å². The van der Waals surface area contributed by atoms with E-state index in [4.69, 9.17) is 10.5 Å². The summed E-state index contributed by atoms with van der Waals surface area (Å²) in [6.07, 6.45) is -1.59. The number of thiazole rings is 1. The third kappa shape index (κ3) is 9.03. The van der Waals surface area contributed by atoms with Gasteiger partial charge in [-0.15, -0.1) is 11.3 Å². The first-order chi connectivity index (χ1) is 18.2. The number of nitrogens with zero attached hydrogens (tertiary/aromatic N) is 2. The van der Waals surface area contributed by atoms with E-state index in [1.165, 1.54) is 27.8 Å². The van der Waals surface area contributed by atoms with Crippen LogP contribution in [0.15, 0.2) is 64.9 Å². The van der Waals surface area contributed by atoms with Crippen molar-refractivity contribution >= 4 is 32.6 Å². The van der Waals surface area contributed by atoms with Crippen molar-refractivity contribution in [3.63, 3.8) is 0 Å². The Morgan fingerprint density at radius 3 is 2.28 bits per heavy atom. The molecule has 11 heteroatoms. The number of aromatic nitrogens is 1. The summed E-state index contributed by atoms with van der Waals surface area (Å²) in [6.45, 7) is 9.05. The fraction of sp³-hybridized carbons (Fsp3) is 0.429. The van der Waals surface area contributed by atoms with E-state index in [0.29, 0.717) is 17.2 Å². The van der Waals surface area contributed by atoms with Gasteiger partial charge in [-0.2, -0.15) is 4.31 Å². The second-order valence-corrected chi connectivity index (χ2v) is 13.6. The molecule has 2 unspecified atom stereocenters. The maximum Gasteiger partial charge on any atom is 0.407 e. The number of carbonyl (C=O) groups is 1. The monoisotopic (exact) mass is 574 g/mol. The minimum Gasteiger partial charge on any atom is -0.444 e. The van der Waals surface area contributed by atoms with Crippen LogP contribution < -0.4 is 11.1 Å². The summed E-state index contributed by atoms with van der Waals surface area (Å²) >= 11 is 1.31. The van der Waals surface area contributed by atoms with Gasteiger partial charge in [0, 0.05) is 24.0 Å². The summed E-state index contributed by atoms with van der Waals surface area (Å²) in [4.78, 5) is 17.0. The molecule has 3 rings (SSSR count). The van der Waals surface area contributed by atoms with Crippen molar-refractivity contribution in [2.24, 2.45) is 5.92 Å². The molecular formula is C28H38N4O5S2. The molecule has 4 N–H and O–H groups in total. The molecule has 3 aromatic rings. The number of amides is 1. The van der Waals surface area contributed by atoms with E-state index in [2.05, 4.69) is 10.3 Å². The van der Waals surface area contributed by atoms with Crippen molar-refractivity contribution < 1.29 is 23.1 Å². The summed E-state index contributed by atoms with van der Waals surface area (Å²) < 4.78 is 34.1. The number of nitrogens with two attached hydrogens (primary N) is 1. The Balaban J connectivity index is 1.85. The largest absolute Gasteiger partial charge is 0.444 e. The molecular weight excluding hydrogens is 536 g/mol. The van der Waals surface area contributed by atoms with Crippen molar-refractivity contribution in [3.05, 3.63) is 65.5 Å². The van der Waals surface area contributed by atoms with Crippen LogP contribution in [0.4, 0.5) is 9.93 Å². The summed E-state index contributed by atoms with van der Waals surface area (Å²) in [5.74, 6) is -0.00406. The number of nitrogens with one attached hydrogen (secondary N) is 1. The van der Waals surface area contributed by atoms with E-state index in [0.717, 1.165) is 11.1 Å². The van der Waals surface area contributed by atoms with Gasteiger partial charge >= 0.3 is 6.09 Å². The molecule has 0 fully saturated rings. The summed E-state index contributed by atoms with van der Waals surface area (Å²) in [5.41, 5.74) is 7.31. The van der Waals surface area contributed by atoms with Crippen LogP contribution >= 0.6 is 11.3 Å². The standard InChI is InChI=1S/C28H38N4O5S2/c1-19(2)16-32(39(35,36)22-13-11-21(12-14-22)24-18-38-26(29)30-24)17-25(33)23(15-20-9-7-6-8-10-20)31-27(34)37-28(3,4)5/h6-14,18-19,23,25,33H,15-17H2,1-5H3,(H2,29,30)(H,31,34). The predicted octanol–water partition coefficient (Wildman–Crippen LogP) is 4.54. The van der Waals surface area contributed by atoms with Crippen LogP contribution in [0.3, 0.4) is 0 Å². The Kier molecular flexibility index (Phi) is 10.1. The Labute approximate surface area is 235 Å². The lowest BCUT2D eigenvalue weighted by Crippen LogP contribution is -2.51. The van der Waals surface area contributed by atoms with E-state index >= 15 is 0 Å². The number of hydrogen-bond donors (Lipinski definition) is 3. The Morgan fingerprint density at radius 1 is 1.10 bits per heavy atom. The fourth-order valence-electron chi connectivity index (χ4n) is 3.99. The molecule has 0 radical (unpaired) electrons. The molecule has 1 heterocycles. The molecule has 0 bridgehead atoms. The maximum atomic E-state index is 13.7. The summed E-state index contributed by atoms with van der Waals surface area (Å²) in [5, 5.41) is 16.3. The summed E-state index contributed by atoms with van der Waals surface area (Å²) in [6, 6.07) is 15.0. The highest BCUT2D eigenvalue weighted by Crippen LogP contribution is 2.26. The van der Waals surface area contributed by atoms with Gasteiger partial charge < -0.3 is 20.9 Å². The Bertz CT molecular complexity index is 1320. The number of benzene rings is 2. The van der Waals surface area contributed by atoms with Crippen LogP contribution in [0.1, 0.15) is 40.2 Å². The lowest BCUT2D eigenvalue weighted by molar-refractivity contribution is 0.0400. The van der Waals surface area contributed by atoms with Gasteiger partial charge in [0.15, 0.2) is 5.13 Å². The minimum absolute atomic E-state index is 0.00406. The normalized spacial score (nSPS) is 13.8. The van der Waals surface area contributed by atoms with Gasteiger partial charge in [-0.05, 0) is 50.8 Å². The zero-order valence-electron chi connectivity index (χ0n) is 23.0. The minimum atomic E-state index is -3.96. The number of rotatable bonds is 11. The highest BCUT2D eigenvalue weighted by atomic mass is 32.2. The Hall–Kier alpha value is -2.99. The number of alkyl carbamates (subject to hydrolysis) is 1. The summed E-state index contributed by atoms with van der Waals surface area (Å²) in [7, 11) is -3.96. The molecule has 0 spiro atoms. The van der Waals surface area contributed by atoms with Gasteiger partial charge in [0.25, 0.3) is 0 Å². The van der Waals surface area contributed by atoms with E-state index in [1.807, 2.05) is 49.6 Å². The molecule has 0 aliphatic carbocycles. The van der Waals surface area contributed by atoms with Crippen LogP contribution in [0, 0.1) is 5.92 Å². The van der Waals surface area contributed by atoms with Gasteiger partial charge in [0.2, 0.25) is 10.0 Å². The zero-order chi connectivity index (χ0) is 28.8. The number of aliphatic hydroxyl groups is 1. The molecule has 1 amide bonds. The number of hydrogen-bond acceptors (Lipinski definition) is 8. The van der Waals surface area contributed by atoms with Gasteiger partial charge in [-0.3, -0.25) is 0 Å². The van der Waals surface area contributed by atoms with Crippen LogP contribution in [0.5, 0.6) is 0 Å². The zero-order valence-corrected chi connectivity index (χ0v) is 24.6. The molecule has 39 heavy (non-hydrogen) atoms. The van der Waals surface area contributed by atoms with E-state index < -0.39 is 33.9 Å². The first-order valence-electron chi connectivity index (χ1n) is 12.8. The highest BCUT2D eigenvalue weighted by Gasteiger charge is 2.32. The molecule has 0 aliphatic rings. The van der Waals surface area contributed by atoms with Crippen LogP contribution in [-0.2, 0) is 21.2 Å². The molecule has 2 aromatic carbocycles. The van der Waals surface area contributed by atoms with Gasteiger partial charge in [0.1, 0.15) is 5.60 Å². The first kappa shape index (κ1) is 30.6. The molecule has 0 saturated heterocycles. The van der Waals surface area contributed by atoms with Crippen molar-refractivity contribution in [3.8, 4) is 11.3 Å². The van der Waals surface area contributed by atoms with Crippen LogP contribution in [-0.4, -0.2) is 59.7 Å². The number of anilines is 1. The molecule has 1 aromatic heterocycles. The highest BCUT2D eigenvalue weighted by molar-refractivity contribution is 7.89. The number of ether oxygens (including phenoxy) is 1. The number of nitrogen functional groups attached to an aromatic ring is 1. The molecule has 2 atom stereocenters. The third-order valence-electron chi connectivity index (χ3n) is 5.73. The van der Waals surface area contributed by atoms with Crippen LogP contribution in [0.25, 0.3) is 11.3 Å². The van der Waals surface area contributed by atoms with Gasteiger partial charge in [0.05, 0.1) is 22.7 Å². The van der Waals surface area contributed by atoms with Crippen molar-refractivity contribution in [2.45, 2.75) is 63.7 Å². The van der Waals surface area contributed by atoms with Crippen molar-refractivity contribution in [1.82, 2.24) is 14.6 Å². The quantitative estimate of drug-likeness (QED) is 0.306. The van der Waals surface area contributed by atoms with Gasteiger partial charge in [-0.1, -0.05) is 56.3 Å². The van der Waals surface area contributed by atoms with Crippen molar-refractivity contribution in [2.75, 3.05) is 18.8 Å². The predicted molar refractivity (Wildman–Crippen MR) is 155 cm³/mol. The van der Waals surface area contributed by atoms with E-state index in [1.54, 1.807) is 32.9 Å². The molecule has 9 nitrogen and oxygen atoms in total. The Morgan fingerprint density at radius 2 is 1.74 bits per heavy atom. The fourth-order valence-corrected chi connectivity index (χ4v) is 6.18. The van der Waals surface area contributed by atoms with E-state index in [9.17, 15) is 18.3 Å². The number of carbonyl (C=O) groups excluding carboxylic acids is 1. The number of aliphatic hydroxyl groups excluding tert-OH is 1. The molecule has 0 aliphatic heterocycles. The third-order valence-corrected chi connectivity index (χ3v) is 8.25. The van der Waals surface area contributed by atoms with Crippen LogP contribution in [0.2, 0.25) is 0 Å². The molecule has 0 saturated carbocycles. The second kappa shape index (κ2) is 12.9. The van der Waals surface area contributed by atoms with Gasteiger partial charge in [-0.25, -0.2) is 18.2 Å². The first-order valence-corrected chi connectivity index (χ1v) is 15.1. The smallest absolute Gasteiger partial charge is 0.407 e. The van der Waals surface area contributed by atoms with E-state index in [-0.39, 0.29) is 23.9 Å². The topological polar surface area (TPSA) is 135 Å². The lowest BCUT2D eigenvalue weighted by Gasteiger charge is -2.31. The maximum absolute atomic E-state index is 13.7. The molecule has 212 valence electrons. The second-order valence-electron chi connectivity index (χ2n) is 10.8.